The van der Waals surface area contributed by atoms with Crippen LogP contribution in [-0.2, 0) is 65.4 Å². The largest absolute Gasteiger partial charge is 0.472 e. The Balaban J connectivity index is 5.17. The molecule has 0 aromatic heterocycles. The first-order valence-corrected chi connectivity index (χ1v) is 45.5. The van der Waals surface area contributed by atoms with E-state index in [1.807, 2.05) is 0 Å². The van der Waals surface area contributed by atoms with Crippen LogP contribution in [-0.4, -0.2) is 96.7 Å². The summed E-state index contributed by atoms with van der Waals surface area (Å²) in [5.74, 6) is -0.555. The Bertz CT molecular complexity index is 1940. The van der Waals surface area contributed by atoms with Crippen molar-refractivity contribution < 1.29 is 80.2 Å². The highest BCUT2D eigenvalue weighted by Gasteiger charge is 2.30. The van der Waals surface area contributed by atoms with Crippen LogP contribution in [0.1, 0.15) is 433 Å². The molecule has 0 fully saturated rings. The van der Waals surface area contributed by atoms with E-state index in [1.165, 1.54) is 244 Å². The standard InChI is InChI=1S/C82H160O17P2/c1-7-9-11-13-15-17-18-19-20-21-22-23-27-30-33-36-41-47-53-59-65-80(85)93-71-78(98-81(86)66-60-54-48-42-37-34-31-28-25-24-26-29-32-35-39-44-50-56-62-74(3)4)73-97-101(90,91)95-69-76(83)68-94-100(88,89)96-72-77(70-92-79(84)64-58-52-46-16-14-12-10-8-2)99-82(87)67-61-55-49-43-38-40-45-51-57-63-75(5)6/h74-78,83H,7-73H2,1-6H3,(H,88,89)(H,90,91)/t76-,77+,78+/m0/s1. The van der Waals surface area contributed by atoms with E-state index in [-0.39, 0.29) is 25.7 Å². The second-order valence-corrected chi connectivity index (χ2v) is 33.4. The fourth-order valence-corrected chi connectivity index (χ4v) is 14.3. The lowest BCUT2D eigenvalue weighted by molar-refractivity contribution is -0.161. The maximum atomic E-state index is 13.1. The molecule has 600 valence electrons. The molecule has 0 rings (SSSR count). The third kappa shape index (κ3) is 76.1. The number of hydrogen-bond donors (Lipinski definition) is 3. The molecule has 0 aliphatic rings. The first-order chi connectivity index (χ1) is 48.9. The molecule has 0 aromatic rings. The molecule has 0 heterocycles. The van der Waals surface area contributed by atoms with Gasteiger partial charge in [0.25, 0.3) is 0 Å². The molecule has 0 saturated carbocycles. The van der Waals surface area contributed by atoms with Crippen molar-refractivity contribution in [2.24, 2.45) is 11.8 Å². The summed E-state index contributed by atoms with van der Waals surface area (Å²) in [6, 6.07) is 0. The lowest BCUT2D eigenvalue weighted by atomic mass is 10.0. The summed E-state index contributed by atoms with van der Waals surface area (Å²) in [6.45, 7) is 9.62. The minimum absolute atomic E-state index is 0.105. The quantitative estimate of drug-likeness (QED) is 0.0222. The van der Waals surface area contributed by atoms with Crippen LogP contribution in [0.5, 0.6) is 0 Å². The molecule has 3 N–H and O–H groups in total. The number of unbranched alkanes of at least 4 members (excludes halogenated alkanes) is 51. The topological polar surface area (TPSA) is 237 Å². The van der Waals surface area contributed by atoms with Gasteiger partial charge in [0.2, 0.25) is 0 Å². The second-order valence-electron chi connectivity index (χ2n) is 30.5. The van der Waals surface area contributed by atoms with Crippen molar-refractivity contribution >= 4 is 39.5 Å². The van der Waals surface area contributed by atoms with Gasteiger partial charge in [-0.3, -0.25) is 37.3 Å². The average Bonchev–Trinajstić information content (AvgIpc) is 0.987. The lowest BCUT2D eigenvalue weighted by Gasteiger charge is -2.21. The van der Waals surface area contributed by atoms with Crippen LogP contribution < -0.4 is 0 Å². The van der Waals surface area contributed by atoms with Gasteiger partial charge in [-0.1, -0.05) is 382 Å². The van der Waals surface area contributed by atoms with Crippen LogP contribution in [0.3, 0.4) is 0 Å². The van der Waals surface area contributed by atoms with Crippen LogP contribution in [0.2, 0.25) is 0 Å². The van der Waals surface area contributed by atoms with E-state index in [4.69, 9.17) is 37.0 Å². The van der Waals surface area contributed by atoms with Gasteiger partial charge in [-0.05, 0) is 37.5 Å². The second kappa shape index (κ2) is 73.6. The van der Waals surface area contributed by atoms with Gasteiger partial charge in [0.1, 0.15) is 19.3 Å². The molecule has 0 spiro atoms. The number of aliphatic hydroxyl groups excluding tert-OH is 1. The highest BCUT2D eigenvalue weighted by molar-refractivity contribution is 7.47. The molecule has 0 aliphatic carbocycles. The number of aliphatic hydroxyl groups is 1. The lowest BCUT2D eigenvalue weighted by Crippen LogP contribution is -2.30. The van der Waals surface area contributed by atoms with Gasteiger partial charge in [-0.15, -0.1) is 0 Å². The molecule has 2 unspecified atom stereocenters. The van der Waals surface area contributed by atoms with Crippen molar-refractivity contribution in [3.05, 3.63) is 0 Å². The van der Waals surface area contributed by atoms with E-state index in [0.29, 0.717) is 25.7 Å². The third-order valence-corrected chi connectivity index (χ3v) is 21.1. The number of esters is 4. The van der Waals surface area contributed by atoms with Gasteiger partial charge in [-0.2, -0.15) is 0 Å². The van der Waals surface area contributed by atoms with Crippen molar-refractivity contribution in [1.82, 2.24) is 0 Å². The Labute approximate surface area is 619 Å². The first-order valence-electron chi connectivity index (χ1n) is 42.5. The van der Waals surface area contributed by atoms with Gasteiger partial charge < -0.3 is 33.8 Å². The van der Waals surface area contributed by atoms with Crippen LogP contribution in [0, 0.1) is 11.8 Å². The SMILES string of the molecule is CCCCCCCCCCCCCCCCCCCCCCC(=O)OC[C@H](COP(=O)(O)OC[C@@H](O)COP(=O)(O)OC[C@@H](COC(=O)CCCCCCCCCC)OC(=O)CCCCCCCCCCCC(C)C)OC(=O)CCCCCCCCCCCCCCCCCCCCC(C)C. The Morgan fingerprint density at radius 1 is 0.267 bits per heavy atom. The number of carbonyl (C=O) groups excluding carboxylic acids is 4. The fourth-order valence-electron chi connectivity index (χ4n) is 12.7. The summed E-state index contributed by atoms with van der Waals surface area (Å²) in [5, 5.41) is 10.6. The predicted octanol–water partition coefficient (Wildman–Crippen LogP) is 24.7. The van der Waals surface area contributed by atoms with Crippen molar-refractivity contribution in [3.8, 4) is 0 Å². The summed E-state index contributed by atoms with van der Waals surface area (Å²) in [6.07, 6.45) is 64.1. The van der Waals surface area contributed by atoms with Gasteiger partial charge >= 0.3 is 39.5 Å². The van der Waals surface area contributed by atoms with Crippen LogP contribution in [0.25, 0.3) is 0 Å². The molecule has 17 nitrogen and oxygen atoms in total. The maximum absolute atomic E-state index is 13.1. The van der Waals surface area contributed by atoms with Crippen molar-refractivity contribution in [1.29, 1.82) is 0 Å². The van der Waals surface area contributed by atoms with Crippen molar-refractivity contribution in [2.75, 3.05) is 39.6 Å². The molecule has 0 saturated heterocycles. The summed E-state index contributed by atoms with van der Waals surface area (Å²) >= 11 is 0. The number of phosphoric ester groups is 2. The smallest absolute Gasteiger partial charge is 0.462 e. The maximum Gasteiger partial charge on any atom is 0.472 e. The summed E-state index contributed by atoms with van der Waals surface area (Å²) in [5.41, 5.74) is 0. The Kier molecular flexibility index (Phi) is 72.2. The van der Waals surface area contributed by atoms with E-state index in [1.54, 1.807) is 0 Å². The fraction of sp³-hybridized carbons (Fsp3) is 0.951. The number of hydrogen-bond acceptors (Lipinski definition) is 15. The molecule has 0 bridgehead atoms. The zero-order valence-corrected chi connectivity index (χ0v) is 68.0. The highest BCUT2D eigenvalue weighted by atomic mass is 31.2. The number of carbonyl (C=O) groups is 4. The zero-order chi connectivity index (χ0) is 74.2. The number of ether oxygens (including phenoxy) is 4. The molecular formula is C82H160O17P2. The molecule has 101 heavy (non-hydrogen) atoms. The van der Waals surface area contributed by atoms with Crippen LogP contribution in [0.4, 0.5) is 0 Å². The van der Waals surface area contributed by atoms with Crippen molar-refractivity contribution in [3.63, 3.8) is 0 Å². The Morgan fingerprint density at radius 3 is 0.673 bits per heavy atom. The normalized spacial score (nSPS) is 13.9. The van der Waals surface area contributed by atoms with Crippen LogP contribution in [0.15, 0.2) is 0 Å². The summed E-state index contributed by atoms with van der Waals surface area (Å²) in [7, 11) is -9.92. The molecule has 0 radical (unpaired) electrons. The Hall–Kier alpha value is -1.94. The minimum atomic E-state index is -4.96. The van der Waals surface area contributed by atoms with Crippen LogP contribution >= 0.6 is 15.6 Å². The Morgan fingerprint density at radius 2 is 0.455 bits per heavy atom. The van der Waals surface area contributed by atoms with Gasteiger partial charge in [0.15, 0.2) is 12.2 Å². The van der Waals surface area contributed by atoms with Gasteiger partial charge in [0.05, 0.1) is 26.4 Å². The molecule has 5 atom stereocenters. The first kappa shape index (κ1) is 99.1. The number of phosphoric acid groups is 2. The third-order valence-electron chi connectivity index (χ3n) is 19.2. The highest BCUT2D eigenvalue weighted by Crippen LogP contribution is 2.45. The van der Waals surface area contributed by atoms with E-state index in [2.05, 4.69) is 41.5 Å². The van der Waals surface area contributed by atoms with E-state index in [0.717, 1.165) is 108 Å². The van der Waals surface area contributed by atoms with Gasteiger partial charge in [0, 0.05) is 25.7 Å². The van der Waals surface area contributed by atoms with Crippen molar-refractivity contribution in [2.45, 2.75) is 452 Å². The molecule has 0 amide bonds. The summed E-state index contributed by atoms with van der Waals surface area (Å²) < 4.78 is 68.6. The molecular weight excluding hydrogens is 1320 g/mol. The number of rotatable bonds is 81. The molecule has 0 aromatic carbocycles. The minimum Gasteiger partial charge on any atom is -0.462 e. The van der Waals surface area contributed by atoms with E-state index >= 15 is 0 Å². The van der Waals surface area contributed by atoms with E-state index < -0.39 is 97.5 Å². The van der Waals surface area contributed by atoms with E-state index in [9.17, 15) is 43.2 Å². The van der Waals surface area contributed by atoms with Gasteiger partial charge in [-0.25, -0.2) is 9.13 Å². The average molecular weight is 1480 g/mol. The molecule has 0 aliphatic heterocycles. The predicted molar refractivity (Wildman–Crippen MR) is 414 cm³/mol. The summed E-state index contributed by atoms with van der Waals surface area (Å²) in [4.78, 5) is 72.9. The monoisotopic (exact) mass is 1480 g/mol. The molecule has 19 heteroatoms. The zero-order valence-electron chi connectivity index (χ0n) is 66.2.